The minimum atomic E-state index is -1.34. The summed E-state index contributed by atoms with van der Waals surface area (Å²) < 4.78 is 18.3. The van der Waals surface area contributed by atoms with Gasteiger partial charge in [-0.25, -0.2) is 0 Å². The summed E-state index contributed by atoms with van der Waals surface area (Å²) in [6.07, 6.45) is 0.308. The maximum absolute atomic E-state index is 12.7. The van der Waals surface area contributed by atoms with Crippen LogP contribution in [0.3, 0.4) is 0 Å². The van der Waals surface area contributed by atoms with E-state index < -0.39 is 41.6 Å². The fourth-order valence-corrected chi connectivity index (χ4v) is 6.43. The summed E-state index contributed by atoms with van der Waals surface area (Å²) in [5.74, 6) is -0.481. The van der Waals surface area contributed by atoms with Crippen LogP contribution in [0, 0.1) is 23.7 Å². The zero-order chi connectivity index (χ0) is 24.7. The van der Waals surface area contributed by atoms with Crippen LogP contribution >= 0.6 is 0 Å². The zero-order valence-electron chi connectivity index (χ0n) is 21.0. The molecule has 0 aromatic carbocycles. The van der Waals surface area contributed by atoms with Crippen LogP contribution in [0.5, 0.6) is 0 Å². The largest absolute Gasteiger partial charge is 0.460 e. The molecule has 3 fully saturated rings. The third kappa shape index (κ3) is 5.15. The number of ether oxygens (including phenoxy) is 3. The van der Waals surface area contributed by atoms with E-state index >= 15 is 0 Å². The molecule has 2 bridgehead atoms. The summed E-state index contributed by atoms with van der Waals surface area (Å²) >= 11 is 0. The van der Waals surface area contributed by atoms with E-state index in [2.05, 4.69) is 20.4 Å². The van der Waals surface area contributed by atoms with Crippen LogP contribution < -0.4 is 0 Å². The van der Waals surface area contributed by atoms with E-state index in [9.17, 15) is 19.8 Å². The third-order valence-electron chi connectivity index (χ3n) is 8.11. The zero-order valence-corrected chi connectivity index (χ0v) is 21.0. The van der Waals surface area contributed by atoms with Gasteiger partial charge in [-0.3, -0.25) is 9.59 Å². The second-order valence-corrected chi connectivity index (χ2v) is 11.2. The highest BCUT2D eigenvalue weighted by atomic mass is 16.6. The predicted octanol–water partition coefficient (Wildman–Crippen LogP) is 3.55. The molecule has 9 atom stereocenters. The summed E-state index contributed by atoms with van der Waals surface area (Å²) in [4.78, 5) is 24.5. The number of hydrogen-bond donors (Lipinski definition) is 2. The Morgan fingerprint density at radius 2 is 1.97 bits per heavy atom. The van der Waals surface area contributed by atoms with Crippen molar-refractivity contribution in [2.24, 2.45) is 23.7 Å². The molecule has 0 spiro atoms. The van der Waals surface area contributed by atoms with E-state index in [1.807, 2.05) is 13.8 Å². The Kier molecular flexibility index (Phi) is 7.67. The molecule has 7 heteroatoms. The second kappa shape index (κ2) is 9.67. The number of esters is 2. The van der Waals surface area contributed by atoms with Crippen molar-refractivity contribution in [2.45, 2.75) is 116 Å². The minimum absolute atomic E-state index is 0.00593. The number of hydrogen-bond acceptors (Lipinski definition) is 7. The first-order valence-corrected chi connectivity index (χ1v) is 12.4. The molecule has 188 valence electrons. The molecule has 33 heavy (non-hydrogen) atoms. The number of carbonyl (C=O) groups excluding carboxylic acids is 2. The molecule has 2 aliphatic heterocycles. The van der Waals surface area contributed by atoms with Crippen molar-refractivity contribution in [1.29, 1.82) is 0 Å². The highest BCUT2D eigenvalue weighted by Crippen LogP contribution is 2.56. The van der Waals surface area contributed by atoms with Gasteiger partial charge in [0.05, 0.1) is 12.2 Å². The van der Waals surface area contributed by atoms with E-state index in [0.29, 0.717) is 37.7 Å². The molecule has 7 nitrogen and oxygen atoms in total. The lowest BCUT2D eigenvalue weighted by Crippen LogP contribution is -2.53. The second-order valence-electron chi connectivity index (χ2n) is 11.2. The Balaban J connectivity index is 2.09. The Bertz CT molecular complexity index is 760. The van der Waals surface area contributed by atoms with Crippen LogP contribution in [0.2, 0.25) is 0 Å². The standard InChI is InChI=1S/C26H42O7/c1-8-9-21(29)33-26(7)11-10-20(31-16(5)27)25(6,30)13-19-22-15(4)18(28)12-17(14(2)3)23(22)24(26)32-19/h14,17-20,22-24,28,30H,4,8-13H2,1-3,5-7H3/t17-,18+,19-,20+,22-,23-,24-,25-,26-/m1/s1. The Morgan fingerprint density at radius 3 is 2.55 bits per heavy atom. The molecule has 1 saturated carbocycles. The van der Waals surface area contributed by atoms with Crippen molar-refractivity contribution in [3.05, 3.63) is 12.2 Å². The fraction of sp³-hybridized carbons (Fsp3) is 0.846. The van der Waals surface area contributed by atoms with Gasteiger partial charge in [0.25, 0.3) is 0 Å². The first-order chi connectivity index (χ1) is 15.3. The Hall–Kier alpha value is -1.44. The molecule has 2 saturated heterocycles. The van der Waals surface area contributed by atoms with Crippen LogP contribution in [-0.2, 0) is 23.8 Å². The van der Waals surface area contributed by atoms with E-state index in [1.54, 1.807) is 6.92 Å². The smallest absolute Gasteiger partial charge is 0.306 e. The summed E-state index contributed by atoms with van der Waals surface area (Å²) in [5, 5.41) is 22.3. The van der Waals surface area contributed by atoms with E-state index in [1.165, 1.54) is 6.92 Å². The van der Waals surface area contributed by atoms with Crippen molar-refractivity contribution >= 4 is 11.9 Å². The van der Waals surface area contributed by atoms with Crippen LogP contribution in [0.1, 0.15) is 80.1 Å². The van der Waals surface area contributed by atoms with Gasteiger partial charge in [-0.2, -0.15) is 0 Å². The van der Waals surface area contributed by atoms with Gasteiger partial charge < -0.3 is 24.4 Å². The first-order valence-electron chi connectivity index (χ1n) is 12.4. The average Bonchev–Trinajstić information content (AvgIpc) is 3.07. The summed E-state index contributed by atoms with van der Waals surface area (Å²) in [5.41, 5.74) is -1.59. The molecule has 0 aromatic rings. The molecule has 0 aromatic heterocycles. The molecular weight excluding hydrogens is 424 g/mol. The summed E-state index contributed by atoms with van der Waals surface area (Å²) in [7, 11) is 0. The average molecular weight is 467 g/mol. The maximum atomic E-state index is 12.7. The number of aliphatic hydroxyl groups excluding tert-OH is 1. The monoisotopic (exact) mass is 466 g/mol. The topological polar surface area (TPSA) is 102 Å². The van der Waals surface area contributed by atoms with E-state index in [0.717, 1.165) is 0 Å². The minimum Gasteiger partial charge on any atom is -0.460 e. The number of rotatable bonds is 5. The molecule has 0 unspecified atom stereocenters. The van der Waals surface area contributed by atoms with Crippen molar-refractivity contribution in [3.63, 3.8) is 0 Å². The van der Waals surface area contributed by atoms with Gasteiger partial charge in [0.15, 0.2) is 0 Å². The maximum Gasteiger partial charge on any atom is 0.306 e. The lowest BCUT2D eigenvalue weighted by Gasteiger charge is -2.47. The number of carbonyl (C=O) groups is 2. The number of fused-ring (bicyclic) bond motifs is 5. The van der Waals surface area contributed by atoms with Gasteiger partial charge in [-0.05, 0) is 56.9 Å². The van der Waals surface area contributed by atoms with Crippen LogP contribution in [0.15, 0.2) is 12.2 Å². The summed E-state index contributed by atoms with van der Waals surface area (Å²) in [6.45, 7) is 15.3. The lowest BCUT2D eigenvalue weighted by molar-refractivity contribution is -0.182. The first kappa shape index (κ1) is 26.2. The molecule has 2 N–H and O–H groups in total. The van der Waals surface area contributed by atoms with Crippen LogP contribution in [-0.4, -0.2) is 57.8 Å². The fourth-order valence-electron chi connectivity index (χ4n) is 6.43. The molecule has 0 radical (unpaired) electrons. The lowest BCUT2D eigenvalue weighted by atomic mass is 9.60. The number of aliphatic hydroxyl groups is 2. The molecule has 0 amide bonds. The van der Waals surface area contributed by atoms with Crippen molar-refractivity contribution in [2.75, 3.05) is 0 Å². The Morgan fingerprint density at radius 1 is 1.30 bits per heavy atom. The normalized spacial score (nSPS) is 43.3. The SMILES string of the molecule is C=C1[C@H]2[C@@H]([C@@H](C(C)C)C[C@@H]1O)[C@H]1O[C@@H]2C[C@@](C)(O)[C@@H](OC(C)=O)CC[C@@]1(C)OC(=O)CCC. The molecule has 3 rings (SSSR count). The summed E-state index contributed by atoms with van der Waals surface area (Å²) in [6, 6.07) is 0. The van der Waals surface area contributed by atoms with Crippen molar-refractivity contribution in [3.8, 4) is 0 Å². The molecule has 2 heterocycles. The van der Waals surface area contributed by atoms with Gasteiger partial charge in [0, 0.05) is 31.6 Å². The quantitative estimate of drug-likeness (QED) is 0.472. The van der Waals surface area contributed by atoms with Crippen LogP contribution in [0.4, 0.5) is 0 Å². The van der Waals surface area contributed by atoms with Crippen molar-refractivity contribution < 1.29 is 34.0 Å². The van der Waals surface area contributed by atoms with E-state index in [4.69, 9.17) is 14.2 Å². The van der Waals surface area contributed by atoms with Crippen LogP contribution in [0.25, 0.3) is 0 Å². The molecule has 1 aliphatic carbocycles. The van der Waals surface area contributed by atoms with Gasteiger partial charge >= 0.3 is 11.9 Å². The molecular formula is C26H42O7. The van der Waals surface area contributed by atoms with Crippen molar-refractivity contribution in [1.82, 2.24) is 0 Å². The van der Waals surface area contributed by atoms with Gasteiger partial charge in [0.1, 0.15) is 23.4 Å². The van der Waals surface area contributed by atoms with Gasteiger partial charge in [-0.15, -0.1) is 0 Å². The van der Waals surface area contributed by atoms with Gasteiger partial charge in [0.2, 0.25) is 0 Å². The Labute approximate surface area is 197 Å². The predicted molar refractivity (Wildman–Crippen MR) is 123 cm³/mol. The van der Waals surface area contributed by atoms with E-state index in [-0.39, 0.29) is 36.1 Å². The molecule has 3 aliphatic rings. The third-order valence-corrected chi connectivity index (χ3v) is 8.11. The highest BCUT2D eigenvalue weighted by molar-refractivity contribution is 5.70. The highest BCUT2D eigenvalue weighted by Gasteiger charge is 2.61. The van der Waals surface area contributed by atoms with Gasteiger partial charge in [-0.1, -0.05) is 27.4 Å².